The summed E-state index contributed by atoms with van der Waals surface area (Å²) in [4.78, 5) is 12.7. The number of hydrogen-bond donors (Lipinski definition) is 1. The zero-order valence-corrected chi connectivity index (χ0v) is 17.3. The van der Waals surface area contributed by atoms with Crippen LogP contribution >= 0.6 is 0 Å². The predicted molar refractivity (Wildman–Crippen MR) is 115 cm³/mol. The van der Waals surface area contributed by atoms with Crippen LogP contribution in [-0.2, 0) is 14.8 Å². The monoisotopic (exact) mass is 426 g/mol. The molecule has 0 radical (unpaired) electrons. The molecule has 1 amide bonds. The topological polar surface area (TPSA) is 66.5 Å². The Morgan fingerprint density at radius 1 is 0.933 bits per heavy atom. The van der Waals surface area contributed by atoms with E-state index < -0.39 is 28.3 Å². The summed E-state index contributed by atoms with van der Waals surface area (Å²) in [5.41, 5.74) is 1.30. The third-order valence-electron chi connectivity index (χ3n) is 4.68. The maximum Gasteiger partial charge on any atom is 0.264 e. The number of rotatable bonds is 8. The number of carbonyl (C=O) groups excluding carboxylic acids is 1. The molecule has 1 N–H and O–H groups in total. The number of carbonyl (C=O) groups is 1. The van der Waals surface area contributed by atoms with E-state index in [-0.39, 0.29) is 10.9 Å². The molecule has 3 rings (SSSR count). The summed E-state index contributed by atoms with van der Waals surface area (Å²) in [7, 11) is -4.07. The van der Waals surface area contributed by atoms with Crippen LogP contribution in [0.4, 0.5) is 10.1 Å². The van der Waals surface area contributed by atoms with Crippen molar-refractivity contribution in [3.8, 4) is 0 Å². The third-order valence-corrected chi connectivity index (χ3v) is 6.47. The average Bonchev–Trinajstić information content (AvgIpc) is 2.77. The fraction of sp³-hybridized carbons (Fsp3) is 0.174. The lowest BCUT2D eigenvalue weighted by Crippen LogP contribution is -2.42. The van der Waals surface area contributed by atoms with Crippen molar-refractivity contribution in [2.45, 2.75) is 24.3 Å². The van der Waals surface area contributed by atoms with Crippen molar-refractivity contribution in [3.63, 3.8) is 0 Å². The molecule has 1 atom stereocenters. The van der Waals surface area contributed by atoms with Crippen LogP contribution in [0.1, 0.15) is 24.9 Å². The number of sulfonamides is 1. The highest BCUT2D eigenvalue weighted by atomic mass is 32.2. The van der Waals surface area contributed by atoms with Crippen molar-refractivity contribution in [2.24, 2.45) is 0 Å². The number of halogens is 1. The van der Waals surface area contributed by atoms with E-state index in [1.807, 2.05) is 37.3 Å². The Kier molecular flexibility index (Phi) is 6.84. The second-order valence-electron chi connectivity index (χ2n) is 6.74. The van der Waals surface area contributed by atoms with E-state index >= 15 is 0 Å². The molecule has 0 bridgehead atoms. The fourth-order valence-electron chi connectivity index (χ4n) is 3.12. The smallest absolute Gasteiger partial charge is 0.264 e. The Morgan fingerprint density at radius 2 is 1.50 bits per heavy atom. The van der Waals surface area contributed by atoms with Gasteiger partial charge in [-0.05, 0) is 48.4 Å². The molecule has 156 valence electrons. The molecule has 7 heteroatoms. The van der Waals surface area contributed by atoms with Crippen LogP contribution in [0.15, 0.2) is 89.8 Å². The molecule has 3 aromatic carbocycles. The minimum Gasteiger partial charge on any atom is -0.348 e. The molecule has 0 heterocycles. The molecule has 0 fully saturated rings. The Hall–Kier alpha value is -3.19. The van der Waals surface area contributed by atoms with Gasteiger partial charge in [-0.15, -0.1) is 0 Å². The molecule has 0 aliphatic heterocycles. The molecule has 5 nitrogen and oxygen atoms in total. The van der Waals surface area contributed by atoms with E-state index in [2.05, 4.69) is 5.32 Å². The van der Waals surface area contributed by atoms with Crippen molar-refractivity contribution in [3.05, 3.63) is 96.3 Å². The number of anilines is 1. The first-order chi connectivity index (χ1) is 14.4. The zero-order valence-electron chi connectivity index (χ0n) is 16.5. The summed E-state index contributed by atoms with van der Waals surface area (Å²) in [5.74, 6) is -0.966. The summed E-state index contributed by atoms with van der Waals surface area (Å²) < 4.78 is 40.8. The van der Waals surface area contributed by atoms with Crippen LogP contribution < -0.4 is 9.62 Å². The standard InChI is InChI=1S/C23H23FN2O3S/c1-2-22(18-9-5-3-6-10-18)25-23(27)17-26(20-11-7-4-8-12-20)30(28,29)21-15-13-19(24)14-16-21/h3-16,22H,2,17H2,1H3,(H,25,27)/t22-/m0/s1. The van der Waals surface area contributed by atoms with Crippen LogP contribution in [0.3, 0.4) is 0 Å². The van der Waals surface area contributed by atoms with E-state index in [9.17, 15) is 17.6 Å². The molecule has 0 spiro atoms. The SMILES string of the molecule is CC[C@H](NC(=O)CN(c1ccccc1)S(=O)(=O)c1ccc(F)cc1)c1ccccc1. The maximum atomic E-state index is 13.3. The number of benzene rings is 3. The van der Waals surface area contributed by atoms with Gasteiger partial charge in [0.25, 0.3) is 10.0 Å². The van der Waals surface area contributed by atoms with Crippen molar-refractivity contribution in [1.29, 1.82) is 0 Å². The largest absolute Gasteiger partial charge is 0.348 e. The van der Waals surface area contributed by atoms with Crippen molar-refractivity contribution in [2.75, 3.05) is 10.8 Å². The van der Waals surface area contributed by atoms with Gasteiger partial charge in [-0.3, -0.25) is 9.10 Å². The molecule has 0 aromatic heterocycles. The van der Waals surface area contributed by atoms with Gasteiger partial charge in [0.2, 0.25) is 5.91 Å². The van der Waals surface area contributed by atoms with Crippen LogP contribution in [0.2, 0.25) is 0 Å². The van der Waals surface area contributed by atoms with Gasteiger partial charge < -0.3 is 5.32 Å². The van der Waals surface area contributed by atoms with Crippen molar-refractivity contribution >= 4 is 21.6 Å². The molecular formula is C23H23FN2O3S. The third kappa shape index (κ3) is 5.04. The van der Waals surface area contributed by atoms with Crippen molar-refractivity contribution in [1.82, 2.24) is 5.32 Å². The van der Waals surface area contributed by atoms with Gasteiger partial charge in [-0.2, -0.15) is 0 Å². The van der Waals surface area contributed by atoms with Crippen molar-refractivity contribution < 1.29 is 17.6 Å². The van der Waals surface area contributed by atoms with Crippen LogP contribution in [-0.4, -0.2) is 20.9 Å². The predicted octanol–water partition coefficient (Wildman–Crippen LogP) is 4.29. The summed E-state index contributed by atoms with van der Waals surface area (Å²) in [5, 5.41) is 2.91. The second kappa shape index (κ2) is 9.54. The van der Waals surface area contributed by atoms with Crippen LogP contribution in [0.5, 0.6) is 0 Å². The lowest BCUT2D eigenvalue weighted by Gasteiger charge is -2.25. The normalized spacial score (nSPS) is 12.2. The summed E-state index contributed by atoms with van der Waals surface area (Å²) in [6.07, 6.45) is 0.659. The number of amides is 1. The summed E-state index contributed by atoms with van der Waals surface area (Å²) in [6.45, 7) is 1.55. The van der Waals surface area contributed by atoms with E-state index in [4.69, 9.17) is 0 Å². The second-order valence-corrected chi connectivity index (χ2v) is 8.60. The highest BCUT2D eigenvalue weighted by molar-refractivity contribution is 7.92. The van der Waals surface area contributed by atoms with Gasteiger partial charge in [-0.25, -0.2) is 12.8 Å². The minimum absolute atomic E-state index is 0.0874. The number of para-hydroxylation sites is 1. The van der Waals surface area contributed by atoms with E-state index in [0.29, 0.717) is 12.1 Å². The van der Waals surface area contributed by atoms with Gasteiger partial charge >= 0.3 is 0 Å². The molecule has 0 aliphatic rings. The molecule has 0 saturated carbocycles. The number of nitrogens with zero attached hydrogens (tertiary/aromatic N) is 1. The Bertz CT molecular complexity index is 1070. The molecule has 0 aliphatic carbocycles. The molecular weight excluding hydrogens is 403 g/mol. The van der Waals surface area contributed by atoms with E-state index in [1.165, 1.54) is 12.1 Å². The molecule has 30 heavy (non-hydrogen) atoms. The quantitative estimate of drug-likeness (QED) is 0.584. The molecule has 3 aromatic rings. The first kappa shape index (κ1) is 21.5. The first-order valence-corrected chi connectivity index (χ1v) is 11.0. The minimum atomic E-state index is -4.07. The van der Waals surface area contributed by atoms with Crippen LogP contribution in [0, 0.1) is 5.82 Å². The number of hydrogen-bond acceptors (Lipinski definition) is 3. The summed E-state index contributed by atoms with van der Waals surface area (Å²) >= 11 is 0. The molecule has 0 unspecified atom stereocenters. The Balaban J connectivity index is 1.88. The van der Waals surface area contributed by atoms with Gasteiger partial charge in [0.05, 0.1) is 16.6 Å². The van der Waals surface area contributed by atoms with Gasteiger partial charge in [0.1, 0.15) is 12.4 Å². The lowest BCUT2D eigenvalue weighted by atomic mass is 10.0. The number of nitrogens with one attached hydrogen (secondary N) is 1. The van der Waals surface area contributed by atoms with Gasteiger partial charge in [0, 0.05) is 0 Å². The average molecular weight is 427 g/mol. The van der Waals surface area contributed by atoms with Gasteiger partial charge in [-0.1, -0.05) is 55.5 Å². The molecule has 0 saturated heterocycles. The Labute approximate surface area is 176 Å². The first-order valence-electron chi connectivity index (χ1n) is 9.59. The summed E-state index contributed by atoms with van der Waals surface area (Å²) in [6, 6.07) is 22.2. The highest BCUT2D eigenvalue weighted by Crippen LogP contribution is 2.24. The highest BCUT2D eigenvalue weighted by Gasteiger charge is 2.28. The lowest BCUT2D eigenvalue weighted by molar-refractivity contribution is -0.120. The van der Waals surface area contributed by atoms with Gasteiger partial charge in [0.15, 0.2) is 0 Å². The maximum absolute atomic E-state index is 13.3. The van der Waals surface area contributed by atoms with Crippen LogP contribution in [0.25, 0.3) is 0 Å². The van der Waals surface area contributed by atoms with E-state index in [0.717, 1.165) is 22.0 Å². The Morgan fingerprint density at radius 3 is 2.07 bits per heavy atom. The van der Waals surface area contributed by atoms with E-state index in [1.54, 1.807) is 30.3 Å². The fourth-order valence-corrected chi connectivity index (χ4v) is 4.54. The zero-order chi connectivity index (χ0) is 21.6.